The highest BCUT2D eigenvalue weighted by molar-refractivity contribution is 7.92. The fourth-order valence-electron chi connectivity index (χ4n) is 2.97. The molecule has 0 unspecified atom stereocenters. The Kier molecular flexibility index (Phi) is 7.87. The van der Waals surface area contributed by atoms with Crippen molar-refractivity contribution in [1.29, 1.82) is 0 Å². The van der Waals surface area contributed by atoms with Gasteiger partial charge < -0.3 is 10.1 Å². The van der Waals surface area contributed by atoms with Crippen LogP contribution in [0, 0.1) is 0 Å². The monoisotopic (exact) mass is 404 g/mol. The summed E-state index contributed by atoms with van der Waals surface area (Å²) < 4.78 is 30.9. The molecule has 2 aromatic rings. The van der Waals surface area contributed by atoms with Gasteiger partial charge in [-0.1, -0.05) is 37.3 Å². The van der Waals surface area contributed by atoms with Crippen molar-refractivity contribution in [3.63, 3.8) is 0 Å². The number of nitrogens with zero attached hydrogens (tertiary/aromatic N) is 1. The highest BCUT2D eigenvalue weighted by Crippen LogP contribution is 2.23. The van der Waals surface area contributed by atoms with Gasteiger partial charge in [-0.15, -0.1) is 0 Å². The van der Waals surface area contributed by atoms with E-state index in [1.807, 2.05) is 43.3 Å². The second-order valence-corrected chi connectivity index (χ2v) is 8.46. The minimum absolute atomic E-state index is 0.227. The number of carbonyl (C=O) groups is 1. The lowest BCUT2D eigenvalue weighted by atomic mass is 10.1. The van der Waals surface area contributed by atoms with E-state index in [1.54, 1.807) is 19.2 Å². The SMILES string of the molecule is CCc1ccccc1N(CC(=O)NCCCc1cccc(OC)c1)S(C)(=O)=O. The molecule has 6 nitrogen and oxygen atoms in total. The predicted molar refractivity (Wildman–Crippen MR) is 112 cm³/mol. The van der Waals surface area contributed by atoms with Crippen LogP contribution in [0.5, 0.6) is 5.75 Å². The third-order valence-corrected chi connectivity index (χ3v) is 5.55. The zero-order chi connectivity index (χ0) is 20.6. The summed E-state index contributed by atoms with van der Waals surface area (Å²) in [5, 5.41) is 2.82. The number of amides is 1. The minimum atomic E-state index is -3.57. The molecule has 7 heteroatoms. The van der Waals surface area contributed by atoms with Gasteiger partial charge in [0.05, 0.1) is 19.1 Å². The Morgan fingerprint density at radius 1 is 1.14 bits per heavy atom. The van der Waals surface area contributed by atoms with E-state index in [2.05, 4.69) is 5.32 Å². The van der Waals surface area contributed by atoms with E-state index < -0.39 is 10.0 Å². The van der Waals surface area contributed by atoms with Gasteiger partial charge >= 0.3 is 0 Å². The third kappa shape index (κ3) is 6.27. The lowest BCUT2D eigenvalue weighted by molar-refractivity contribution is -0.119. The Morgan fingerprint density at radius 3 is 2.57 bits per heavy atom. The molecule has 0 fully saturated rings. The molecule has 2 rings (SSSR count). The van der Waals surface area contributed by atoms with Crippen molar-refractivity contribution in [3.8, 4) is 5.75 Å². The zero-order valence-corrected chi connectivity index (χ0v) is 17.5. The summed E-state index contributed by atoms with van der Waals surface area (Å²) in [4.78, 5) is 12.3. The lowest BCUT2D eigenvalue weighted by Gasteiger charge is -2.24. The van der Waals surface area contributed by atoms with Crippen molar-refractivity contribution >= 4 is 21.6 Å². The van der Waals surface area contributed by atoms with Gasteiger partial charge in [0.2, 0.25) is 15.9 Å². The van der Waals surface area contributed by atoms with Crippen LogP contribution in [0.4, 0.5) is 5.69 Å². The maximum Gasteiger partial charge on any atom is 0.240 e. The number of hydrogen-bond donors (Lipinski definition) is 1. The number of rotatable bonds is 10. The van der Waals surface area contributed by atoms with Crippen molar-refractivity contribution < 1.29 is 17.9 Å². The summed E-state index contributed by atoms with van der Waals surface area (Å²) in [7, 11) is -1.94. The van der Waals surface area contributed by atoms with Crippen LogP contribution in [0.3, 0.4) is 0 Å². The van der Waals surface area contributed by atoms with Crippen LogP contribution in [0.15, 0.2) is 48.5 Å². The van der Waals surface area contributed by atoms with Crippen molar-refractivity contribution in [1.82, 2.24) is 5.32 Å². The van der Waals surface area contributed by atoms with Gasteiger partial charge in [-0.2, -0.15) is 0 Å². The Balaban J connectivity index is 1.93. The number of benzene rings is 2. The number of ether oxygens (including phenoxy) is 1. The van der Waals surface area contributed by atoms with Crippen molar-refractivity contribution in [2.75, 3.05) is 30.8 Å². The van der Waals surface area contributed by atoms with Crippen LogP contribution in [0.1, 0.15) is 24.5 Å². The molecule has 28 heavy (non-hydrogen) atoms. The summed E-state index contributed by atoms with van der Waals surface area (Å²) in [5.41, 5.74) is 2.57. The molecular weight excluding hydrogens is 376 g/mol. The van der Waals surface area contributed by atoms with E-state index in [1.165, 1.54) is 4.31 Å². The summed E-state index contributed by atoms with van der Waals surface area (Å²) in [6.07, 6.45) is 3.36. The fraction of sp³-hybridized carbons (Fsp3) is 0.381. The fourth-order valence-corrected chi connectivity index (χ4v) is 3.86. The molecule has 0 aliphatic heterocycles. The number of aryl methyl sites for hydroxylation is 2. The number of sulfonamides is 1. The van der Waals surface area contributed by atoms with Crippen molar-refractivity contribution in [2.45, 2.75) is 26.2 Å². The molecule has 0 atom stereocenters. The average Bonchev–Trinajstić information content (AvgIpc) is 2.68. The molecule has 0 saturated heterocycles. The predicted octanol–water partition coefficient (Wildman–Crippen LogP) is 2.77. The number of carbonyl (C=O) groups excluding carboxylic acids is 1. The van der Waals surface area contributed by atoms with Gasteiger partial charge in [0.1, 0.15) is 12.3 Å². The third-order valence-electron chi connectivity index (χ3n) is 4.43. The van der Waals surface area contributed by atoms with Gasteiger partial charge in [0.15, 0.2) is 0 Å². The molecule has 0 spiro atoms. The van der Waals surface area contributed by atoms with Crippen LogP contribution in [0.25, 0.3) is 0 Å². The van der Waals surface area contributed by atoms with Crippen LogP contribution < -0.4 is 14.4 Å². The largest absolute Gasteiger partial charge is 0.497 e. The summed E-state index contributed by atoms with van der Waals surface area (Å²) in [6.45, 7) is 2.20. The number of hydrogen-bond acceptors (Lipinski definition) is 4. The van der Waals surface area contributed by atoms with E-state index in [0.717, 1.165) is 36.0 Å². The van der Waals surface area contributed by atoms with E-state index in [4.69, 9.17) is 4.74 Å². The maximum atomic E-state index is 12.3. The van der Waals surface area contributed by atoms with Crippen LogP contribution in [0.2, 0.25) is 0 Å². The molecule has 0 aromatic heterocycles. The smallest absolute Gasteiger partial charge is 0.240 e. The first kappa shape index (κ1) is 21.8. The Morgan fingerprint density at radius 2 is 1.89 bits per heavy atom. The standard InChI is InChI=1S/C21H28N2O4S/c1-4-18-11-5-6-13-20(18)23(28(3,25)26)16-21(24)22-14-8-10-17-9-7-12-19(15-17)27-2/h5-7,9,11-13,15H,4,8,10,14,16H2,1-3H3,(H,22,24). The Bertz CT molecular complexity index is 897. The van der Waals surface area contributed by atoms with Crippen LogP contribution in [-0.2, 0) is 27.7 Å². The van der Waals surface area contributed by atoms with Gasteiger partial charge in [0, 0.05) is 6.54 Å². The van der Waals surface area contributed by atoms with Gasteiger partial charge in [-0.05, 0) is 48.6 Å². The molecular formula is C21H28N2O4S. The molecule has 1 N–H and O–H groups in total. The molecule has 0 saturated carbocycles. The van der Waals surface area contributed by atoms with Crippen LogP contribution >= 0.6 is 0 Å². The first-order valence-corrected chi connectivity index (χ1v) is 11.1. The number of nitrogens with one attached hydrogen (secondary N) is 1. The van der Waals surface area contributed by atoms with Gasteiger partial charge in [-0.3, -0.25) is 9.10 Å². The maximum absolute atomic E-state index is 12.3. The second kappa shape index (κ2) is 10.1. The zero-order valence-electron chi connectivity index (χ0n) is 16.6. The number of para-hydroxylation sites is 1. The van der Waals surface area contributed by atoms with E-state index >= 15 is 0 Å². The number of anilines is 1. The van der Waals surface area contributed by atoms with E-state index in [0.29, 0.717) is 18.7 Å². The van der Waals surface area contributed by atoms with Gasteiger partial charge in [0.25, 0.3) is 0 Å². The topological polar surface area (TPSA) is 75.7 Å². The molecule has 2 aromatic carbocycles. The highest BCUT2D eigenvalue weighted by atomic mass is 32.2. The summed E-state index contributed by atoms with van der Waals surface area (Å²) in [6, 6.07) is 15.0. The van der Waals surface area contributed by atoms with E-state index in [9.17, 15) is 13.2 Å². The number of methoxy groups -OCH3 is 1. The van der Waals surface area contributed by atoms with Crippen LogP contribution in [-0.4, -0.2) is 40.8 Å². The minimum Gasteiger partial charge on any atom is -0.497 e. The second-order valence-electron chi connectivity index (χ2n) is 6.56. The van der Waals surface area contributed by atoms with E-state index in [-0.39, 0.29) is 12.5 Å². The summed E-state index contributed by atoms with van der Waals surface area (Å²) >= 11 is 0. The quantitative estimate of drug-likeness (QED) is 0.618. The lowest BCUT2D eigenvalue weighted by Crippen LogP contribution is -2.41. The molecule has 0 radical (unpaired) electrons. The molecule has 0 heterocycles. The summed E-state index contributed by atoms with van der Waals surface area (Å²) in [5.74, 6) is 0.488. The molecule has 0 aliphatic carbocycles. The van der Waals surface area contributed by atoms with Crippen molar-refractivity contribution in [2.24, 2.45) is 0 Å². The van der Waals surface area contributed by atoms with Crippen molar-refractivity contribution in [3.05, 3.63) is 59.7 Å². The molecule has 0 aliphatic rings. The molecule has 0 bridgehead atoms. The Hall–Kier alpha value is -2.54. The first-order valence-electron chi connectivity index (χ1n) is 9.30. The average molecular weight is 405 g/mol. The normalized spacial score (nSPS) is 11.1. The molecule has 1 amide bonds. The molecule has 152 valence electrons. The van der Waals surface area contributed by atoms with Gasteiger partial charge in [-0.25, -0.2) is 8.42 Å². The Labute approximate surface area is 167 Å². The highest BCUT2D eigenvalue weighted by Gasteiger charge is 2.22. The first-order chi connectivity index (χ1) is 13.3.